The summed E-state index contributed by atoms with van der Waals surface area (Å²) in [6.07, 6.45) is 2.43. The highest BCUT2D eigenvalue weighted by Gasteiger charge is 2.28. The van der Waals surface area contributed by atoms with E-state index < -0.39 is 0 Å². The summed E-state index contributed by atoms with van der Waals surface area (Å²) in [4.78, 5) is 15.0. The van der Waals surface area contributed by atoms with E-state index in [4.69, 9.17) is 14.5 Å². The number of anilines is 1. The van der Waals surface area contributed by atoms with Crippen LogP contribution in [0.15, 0.2) is 36.7 Å². The van der Waals surface area contributed by atoms with Crippen molar-refractivity contribution in [3.05, 3.63) is 53.5 Å². The van der Waals surface area contributed by atoms with Crippen LogP contribution >= 0.6 is 11.3 Å². The molecular formula is C22H22N4O2S. The Labute approximate surface area is 172 Å². The van der Waals surface area contributed by atoms with E-state index in [0.717, 1.165) is 55.2 Å². The highest BCUT2D eigenvalue weighted by Crippen LogP contribution is 2.38. The fraction of sp³-hybridized carbons (Fsp3) is 0.318. The number of rotatable bonds is 4. The van der Waals surface area contributed by atoms with Crippen molar-refractivity contribution in [1.82, 2.24) is 15.0 Å². The molecule has 0 atom stereocenters. The van der Waals surface area contributed by atoms with E-state index in [0.29, 0.717) is 13.2 Å². The van der Waals surface area contributed by atoms with Gasteiger partial charge < -0.3 is 14.8 Å². The Kier molecular flexibility index (Phi) is 4.37. The number of fused-ring (bicyclic) bond motifs is 4. The number of benzene rings is 1. The normalized spacial score (nSPS) is 15.4. The summed E-state index contributed by atoms with van der Waals surface area (Å²) < 4.78 is 12.3. The smallest absolute Gasteiger partial charge is 0.147 e. The lowest BCUT2D eigenvalue weighted by molar-refractivity contribution is -0.0411. The first kappa shape index (κ1) is 18.3. The van der Waals surface area contributed by atoms with Gasteiger partial charge in [-0.1, -0.05) is 12.1 Å². The minimum Gasteiger partial charge on any atom is -0.497 e. The van der Waals surface area contributed by atoms with E-state index in [1.165, 1.54) is 0 Å². The van der Waals surface area contributed by atoms with E-state index in [2.05, 4.69) is 41.3 Å². The third kappa shape index (κ3) is 3.41. The zero-order valence-corrected chi connectivity index (χ0v) is 17.5. The maximum atomic E-state index is 5.97. The molecule has 5 rings (SSSR count). The van der Waals surface area contributed by atoms with Crippen molar-refractivity contribution in [1.29, 1.82) is 0 Å². The lowest BCUT2D eigenvalue weighted by Gasteiger charge is -2.30. The zero-order valence-electron chi connectivity index (χ0n) is 16.7. The lowest BCUT2D eigenvalue weighted by Crippen LogP contribution is -2.32. The first-order valence-corrected chi connectivity index (χ1v) is 10.4. The van der Waals surface area contributed by atoms with E-state index in [-0.39, 0.29) is 5.60 Å². The third-order valence-corrected chi connectivity index (χ3v) is 6.31. The number of nitrogens with one attached hydrogen (secondary N) is 1. The van der Waals surface area contributed by atoms with Gasteiger partial charge in [-0.05, 0) is 37.6 Å². The maximum absolute atomic E-state index is 5.97. The molecule has 0 saturated heterocycles. The van der Waals surface area contributed by atoms with Crippen molar-refractivity contribution in [2.24, 2.45) is 0 Å². The quantitative estimate of drug-likeness (QED) is 0.529. The minimum atomic E-state index is -0.173. The van der Waals surface area contributed by atoms with Gasteiger partial charge in [0.05, 0.1) is 35.2 Å². The van der Waals surface area contributed by atoms with Gasteiger partial charge in [-0.15, -0.1) is 11.3 Å². The molecule has 1 aliphatic rings. The molecule has 0 spiro atoms. The van der Waals surface area contributed by atoms with Gasteiger partial charge in [0.1, 0.15) is 22.7 Å². The number of aromatic nitrogens is 3. The first-order valence-electron chi connectivity index (χ1n) is 9.59. The van der Waals surface area contributed by atoms with Crippen molar-refractivity contribution in [3.8, 4) is 5.75 Å². The number of pyridine rings is 1. The lowest BCUT2D eigenvalue weighted by atomic mass is 9.95. The molecule has 6 nitrogen and oxygen atoms in total. The third-order valence-electron chi connectivity index (χ3n) is 5.22. The Balaban J connectivity index is 1.52. The van der Waals surface area contributed by atoms with Gasteiger partial charge >= 0.3 is 0 Å². The van der Waals surface area contributed by atoms with Crippen LogP contribution in [0.4, 0.5) is 5.82 Å². The second kappa shape index (κ2) is 6.93. The second-order valence-electron chi connectivity index (χ2n) is 7.88. The highest BCUT2D eigenvalue weighted by atomic mass is 32.1. The fourth-order valence-corrected chi connectivity index (χ4v) is 4.78. The predicted molar refractivity (Wildman–Crippen MR) is 116 cm³/mol. The number of hydrogen-bond acceptors (Lipinski definition) is 7. The summed E-state index contributed by atoms with van der Waals surface area (Å²) in [5.41, 5.74) is 4.17. The second-order valence-corrected chi connectivity index (χ2v) is 8.88. The van der Waals surface area contributed by atoms with Gasteiger partial charge in [-0.2, -0.15) is 0 Å². The summed E-state index contributed by atoms with van der Waals surface area (Å²) in [5.74, 6) is 1.68. The highest BCUT2D eigenvalue weighted by molar-refractivity contribution is 7.25. The Hall–Kier alpha value is -2.77. The molecule has 148 valence electrons. The molecule has 0 fully saturated rings. The SMILES string of the molecule is COc1cccc(CNc2ncnc3c2sc2nc4c(cc23)COC(C)(C)C4)c1. The number of thiophene rings is 1. The summed E-state index contributed by atoms with van der Waals surface area (Å²) in [6.45, 7) is 5.47. The number of ether oxygens (including phenoxy) is 2. The molecule has 1 aliphatic heterocycles. The molecule has 1 aromatic carbocycles. The molecule has 0 aliphatic carbocycles. The minimum absolute atomic E-state index is 0.173. The van der Waals surface area contributed by atoms with E-state index >= 15 is 0 Å². The fourth-order valence-electron chi connectivity index (χ4n) is 3.68. The van der Waals surface area contributed by atoms with Gasteiger partial charge in [-0.3, -0.25) is 0 Å². The Morgan fingerprint density at radius 2 is 2.14 bits per heavy atom. The van der Waals surface area contributed by atoms with Crippen molar-refractivity contribution >= 4 is 37.6 Å². The molecular weight excluding hydrogens is 384 g/mol. The van der Waals surface area contributed by atoms with Gasteiger partial charge in [0.2, 0.25) is 0 Å². The number of methoxy groups -OCH3 is 1. The number of nitrogens with zero attached hydrogens (tertiary/aromatic N) is 3. The summed E-state index contributed by atoms with van der Waals surface area (Å²) in [5, 5.41) is 4.52. The molecule has 0 unspecified atom stereocenters. The topological polar surface area (TPSA) is 69.2 Å². The zero-order chi connectivity index (χ0) is 20.0. The molecule has 3 aromatic heterocycles. The Morgan fingerprint density at radius 3 is 3.00 bits per heavy atom. The van der Waals surface area contributed by atoms with Crippen LogP contribution in [0.3, 0.4) is 0 Å². The molecule has 1 N–H and O–H groups in total. The summed E-state index contributed by atoms with van der Waals surface area (Å²) in [7, 11) is 1.68. The Bertz CT molecular complexity index is 1220. The monoisotopic (exact) mass is 406 g/mol. The van der Waals surface area contributed by atoms with Gasteiger partial charge in [0.25, 0.3) is 0 Å². The van der Waals surface area contributed by atoms with E-state index in [1.807, 2.05) is 18.2 Å². The van der Waals surface area contributed by atoms with Gasteiger partial charge in [0, 0.05) is 23.9 Å². The largest absolute Gasteiger partial charge is 0.497 e. The van der Waals surface area contributed by atoms with E-state index in [9.17, 15) is 0 Å². The van der Waals surface area contributed by atoms with Gasteiger partial charge in [0.15, 0.2) is 0 Å². The molecule has 0 amide bonds. The standard InChI is InChI=1S/C22H22N4O2S/c1-22(2)9-17-14(11-28-22)8-16-18-19(29-21(16)26-17)20(25-12-24-18)23-10-13-5-4-6-15(7-13)27-3/h4-8,12H,9-11H2,1-3H3,(H,23,24,25). The molecule has 4 aromatic rings. The van der Waals surface area contributed by atoms with Crippen LogP contribution in [-0.2, 0) is 24.3 Å². The average Bonchev–Trinajstić information content (AvgIpc) is 3.08. The first-order chi connectivity index (χ1) is 14.0. The van der Waals surface area contributed by atoms with Gasteiger partial charge in [-0.25, -0.2) is 15.0 Å². The predicted octanol–water partition coefficient (Wildman–Crippen LogP) is 4.71. The van der Waals surface area contributed by atoms with Crippen LogP contribution in [0, 0.1) is 0 Å². The average molecular weight is 407 g/mol. The van der Waals surface area contributed by atoms with Crippen molar-refractivity contribution in [2.75, 3.05) is 12.4 Å². The van der Waals surface area contributed by atoms with Crippen LogP contribution in [0.25, 0.3) is 20.4 Å². The molecule has 0 bridgehead atoms. The van der Waals surface area contributed by atoms with Crippen molar-refractivity contribution < 1.29 is 9.47 Å². The van der Waals surface area contributed by atoms with E-state index in [1.54, 1.807) is 24.8 Å². The molecule has 7 heteroatoms. The van der Waals surface area contributed by atoms with Crippen LogP contribution < -0.4 is 10.1 Å². The van der Waals surface area contributed by atoms with Crippen molar-refractivity contribution in [3.63, 3.8) is 0 Å². The summed E-state index contributed by atoms with van der Waals surface area (Å²) >= 11 is 1.64. The molecule has 29 heavy (non-hydrogen) atoms. The maximum Gasteiger partial charge on any atom is 0.147 e. The summed E-state index contributed by atoms with van der Waals surface area (Å²) in [6, 6.07) is 10.2. The van der Waals surface area contributed by atoms with Crippen LogP contribution in [-0.4, -0.2) is 27.7 Å². The van der Waals surface area contributed by atoms with Crippen molar-refractivity contribution in [2.45, 2.75) is 39.0 Å². The van der Waals surface area contributed by atoms with Crippen LogP contribution in [0.2, 0.25) is 0 Å². The number of hydrogen-bond donors (Lipinski definition) is 1. The van der Waals surface area contributed by atoms with Crippen LogP contribution in [0.5, 0.6) is 5.75 Å². The molecule has 0 radical (unpaired) electrons. The molecule has 0 saturated carbocycles. The van der Waals surface area contributed by atoms with Crippen LogP contribution in [0.1, 0.15) is 30.7 Å². The Morgan fingerprint density at radius 1 is 1.24 bits per heavy atom. The molecule has 4 heterocycles.